The Morgan fingerprint density at radius 3 is 2.37 bits per heavy atom. The summed E-state index contributed by atoms with van der Waals surface area (Å²) in [6.07, 6.45) is 4.94. The normalized spacial score (nSPS) is 10.7. The molecular formula is C21H26Cl2N2O5. The Kier molecular flexibility index (Phi) is 10.7. The largest absolute Gasteiger partial charge is 0.497 e. The Morgan fingerprint density at radius 2 is 1.70 bits per heavy atom. The van der Waals surface area contributed by atoms with Crippen LogP contribution in [0.2, 0.25) is 10.0 Å². The zero-order valence-electron chi connectivity index (χ0n) is 17.1. The summed E-state index contributed by atoms with van der Waals surface area (Å²) in [5, 5.41) is 3.17. The molecule has 0 bridgehead atoms. The van der Waals surface area contributed by atoms with Crippen LogP contribution in [-0.2, 0) is 9.47 Å². The van der Waals surface area contributed by atoms with E-state index in [1.54, 1.807) is 18.2 Å². The van der Waals surface area contributed by atoms with E-state index in [2.05, 4.69) is 17.2 Å². The first-order valence-corrected chi connectivity index (χ1v) is 10.4. The van der Waals surface area contributed by atoms with Gasteiger partial charge in [-0.25, -0.2) is 0 Å². The van der Waals surface area contributed by atoms with Gasteiger partial charge in [-0.2, -0.15) is 0 Å². The molecule has 0 spiro atoms. The molecule has 1 heterocycles. The lowest BCUT2D eigenvalue weighted by atomic mass is 10.1. The second-order valence-electron chi connectivity index (χ2n) is 6.22. The van der Waals surface area contributed by atoms with Crippen LogP contribution in [0.4, 0.5) is 5.69 Å². The number of pyridine rings is 1. The van der Waals surface area contributed by atoms with E-state index < -0.39 is 5.91 Å². The van der Waals surface area contributed by atoms with Crippen molar-refractivity contribution in [3.63, 3.8) is 0 Å². The Hall–Kier alpha value is -2.06. The lowest BCUT2D eigenvalue weighted by Crippen LogP contribution is -2.16. The fourth-order valence-corrected chi connectivity index (χ4v) is 2.89. The van der Waals surface area contributed by atoms with Gasteiger partial charge in [-0.05, 0) is 18.6 Å². The van der Waals surface area contributed by atoms with Gasteiger partial charge in [0.05, 0.1) is 48.2 Å². The van der Waals surface area contributed by atoms with Crippen molar-refractivity contribution < 1.29 is 23.7 Å². The summed E-state index contributed by atoms with van der Waals surface area (Å²) in [4.78, 5) is 16.7. The highest BCUT2D eigenvalue weighted by Gasteiger charge is 2.17. The molecule has 164 valence electrons. The molecule has 2 rings (SSSR count). The molecular weight excluding hydrogens is 431 g/mol. The molecule has 1 aromatic heterocycles. The van der Waals surface area contributed by atoms with Crippen molar-refractivity contribution in [3.05, 3.63) is 46.2 Å². The van der Waals surface area contributed by atoms with E-state index in [1.165, 1.54) is 19.5 Å². The number of nitrogens with one attached hydrogen (secondary N) is 1. The molecule has 0 radical (unpaired) electrons. The maximum Gasteiger partial charge on any atom is 0.259 e. The van der Waals surface area contributed by atoms with Crippen LogP contribution in [0.5, 0.6) is 11.5 Å². The van der Waals surface area contributed by atoms with Gasteiger partial charge in [0.25, 0.3) is 5.91 Å². The number of aromatic nitrogens is 1. The van der Waals surface area contributed by atoms with Crippen molar-refractivity contribution in [2.45, 2.75) is 19.8 Å². The number of carbonyl (C=O) groups excluding carboxylic acids is 1. The summed E-state index contributed by atoms with van der Waals surface area (Å²) in [6, 6.07) is 4.91. The topological polar surface area (TPSA) is 78.9 Å². The fourth-order valence-electron chi connectivity index (χ4n) is 2.43. The van der Waals surface area contributed by atoms with Crippen LogP contribution in [0.1, 0.15) is 30.1 Å². The molecule has 9 heteroatoms. The molecule has 0 unspecified atom stereocenters. The standard InChI is InChI=1S/C21H26Cl2N2O5/c1-3-4-7-28-8-9-29-10-11-30-19-12-15(27-2)5-6-16(19)21(26)25-20-17(22)13-24-14-18(20)23/h5-6,12-14H,3-4,7-11H2,1-2H3,(H,24,25,26). The van der Waals surface area contributed by atoms with Gasteiger partial charge in [0.1, 0.15) is 18.1 Å². The molecule has 1 amide bonds. The molecule has 0 atom stereocenters. The lowest BCUT2D eigenvalue weighted by Gasteiger charge is -2.14. The first-order valence-electron chi connectivity index (χ1n) is 9.63. The summed E-state index contributed by atoms with van der Waals surface area (Å²) in [7, 11) is 1.54. The SMILES string of the molecule is CCCCOCCOCCOc1cc(OC)ccc1C(=O)Nc1c(Cl)cncc1Cl. The van der Waals surface area contributed by atoms with Crippen molar-refractivity contribution in [1.29, 1.82) is 0 Å². The Labute approximate surface area is 186 Å². The lowest BCUT2D eigenvalue weighted by molar-refractivity contribution is 0.0354. The fraction of sp³-hybridized carbons (Fsp3) is 0.429. The van der Waals surface area contributed by atoms with Crippen LogP contribution >= 0.6 is 23.2 Å². The number of amides is 1. The molecule has 0 saturated heterocycles. The molecule has 30 heavy (non-hydrogen) atoms. The van der Waals surface area contributed by atoms with Crippen LogP contribution in [-0.4, -0.2) is 51.0 Å². The van der Waals surface area contributed by atoms with E-state index in [4.69, 9.17) is 42.1 Å². The minimum Gasteiger partial charge on any atom is -0.497 e. The van der Waals surface area contributed by atoms with Gasteiger partial charge in [-0.1, -0.05) is 36.5 Å². The van der Waals surface area contributed by atoms with Gasteiger partial charge in [0.2, 0.25) is 0 Å². The van der Waals surface area contributed by atoms with Crippen LogP contribution in [0.25, 0.3) is 0 Å². The van der Waals surface area contributed by atoms with Crippen molar-refractivity contribution in [2.75, 3.05) is 45.5 Å². The Bertz CT molecular complexity index is 800. The number of hydrogen-bond donors (Lipinski definition) is 1. The number of benzene rings is 1. The first-order chi connectivity index (χ1) is 14.6. The number of ether oxygens (including phenoxy) is 4. The highest BCUT2D eigenvalue weighted by Crippen LogP contribution is 2.31. The van der Waals surface area contributed by atoms with Gasteiger partial charge in [-0.15, -0.1) is 0 Å². The van der Waals surface area contributed by atoms with E-state index in [0.717, 1.165) is 19.4 Å². The van der Waals surface area contributed by atoms with Gasteiger partial charge in [-0.3, -0.25) is 9.78 Å². The summed E-state index contributed by atoms with van der Waals surface area (Å²) in [6.45, 7) is 4.50. The minimum atomic E-state index is -0.423. The number of carbonyl (C=O) groups is 1. The number of halogens is 2. The third kappa shape index (κ3) is 7.65. The summed E-state index contributed by atoms with van der Waals surface area (Å²) < 4.78 is 21.9. The smallest absolute Gasteiger partial charge is 0.259 e. The molecule has 0 aliphatic carbocycles. The molecule has 7 nitrogen and oxygen atoms in total. The van der Waals surface area contributed by atoms with Crippen LogP contribution in [0.15, 0.2) is 30.6 Å². The predicted octanol–water partition coefficient (Wildman–Crippen LogP) is 4.86. The maximum absolute atomic E-state index is 12.8. The minimum absolute atomic E-state index is 0.237. The third-order valence-electron chi connectivity index (χ3n) is 4.02. The first kappa shape index (κ1) is 24.2. The zero-order chi connectivity index (χ0) is 21.8. The van der Waals surface area contributed by atoms with Crippen molar-refractivity contribution in [3.8, 4) is 11.5 Å². The molecule has 0 aliphatic rings. The third-order valence-corrected chi connectivity index (χ3v) is 4.60. The molecule has 1 aromatic carbocycles. The quantitative estimate of drug-likeness (QED) is 0.433. The Balaban J connectivity index is 1.94. The van der Waals surface area contributed by atoms with Gasteiger partial charge in [0.15, 0.2) is 0 Å². The number of nitrogens with zero attached hydrogens (tertiary/aromatic N) is 1. The van der Waals surface area contributed by atoms with E-state index in [1.807, 2.05) is 0 Å². The molecule has 0 saturated carbocycles. The second-order valence-corrected chi connectivity index (χ2v) is 7.04. The number of unbranched alkanes of at least 4 members (excludes halogenated alkanes) is 1. The highest BCUT2D eigenvalue weighted by atomic mass is 35.5. The average molecular weight is 457 g/mol. The number of methoxy groups -OCH3 is 1. The van der Waals surface area contributed by atoms with Crippen molar-refractivity contribution in [2.24, 2.45) is 0 Å². The van der Waals surface area contributed by atoms with Gasteiger partial charge in [0, 0.05) is 25.1 Å². The monoisotopic (exact) mass is 456 g/mol. The highest BCUT2D eigenvalue weighted by molar-refractivity contribution is 6.39. The number of hydrogen-bond acceptors (Lipinski definition) is 6. The molecule has 0 aliphatic heterocycles. The summed E-state index contributed by atoms with van der Waals surface area (Å²) in [5.41, 5.74) is 0.592. The average Bonchev–Trinajstić information content (AvgIpc) is 2.75. The van der Waals surface area contributed by atoms with Gasteiger partial charge >= 0.3 is 0 Å². The van der Waals surface area contributed by atoms with Crippen LogP contribution in [0, 0.1) is 0 Å². The van der Waals surface area contributed by atoms with Crippen LogP contribution < -0.4 is 14.8 Å². The number of anilines is 1. The van der Waals surface area contributed by atoms with Gasteiger partial charge < -0.3 is 24.3 Å². The van der Waals surface area contributed by atoms with Crippen molar-refractivity contribution in [1.82, 2.24) is 4.98 Å². The van der Waals surface area contributed by atoms with E-state index in [9.17, 15) is 4.79 Å². The molecule has 2 aromatic rings. The van der Waals surface area contributed by atoms with E-state index in [-0.39, 0.29) is 22.3 Å². The summed E-state index contributed by atoms with van der Waals surface area (Å²) >= 11 is 12.2. The summed E-state index contributed by atoms with van der Waals surface area (Å²) in [5.74, 6) is 0.496. The maximum atomic E-state index is 12.8. The van der Waals surface area contributed by atoms with E-state index >= 15 is 0 Å². The van der Waals surface area contributed by atoms with E-state index in [0.29, 0.717) is 36.9 Å². The number of rotatable bonds is 13. The molecule has 0 fully saturated rings. The van der Waals surface area contributed by atoms with Crippen LogP contribution in [0.3, 0.4) is 0 Å². The Morgan fingerprint density at radius 1 is 1.03 bits per heavy atom. The second kappa shape index (κ2) is 13.3. The molecule has 1 N–H and O–H groups in total. The predicted molar refractivity (Wildman–Crippen MR) is 117 cm³/mol. The van der Waals surface area contributed by atoms with Crippen molar-refractivity contribution >= 4 is 34.8 Å². The zero-order valence-corrected chi connectivity index (χ0v) is 18.6.